The number of nitrogens with zero attached hydrogens (tertiary/aromatic N) is 3. The van der Waals surface area contributed by atoms with Crippen LogP contribution in [0.15, 0.2) is 35.7 Å². The fraction of sp³-hybridized carbons (Fsp3) is 0.553. The molecule has 0 radical (unpaired) electrons. The first-order valence-corrected chi connectivity index (χ1v) is 20.6. The predicted molar refractivity (Wildman–Crippen MR) is 199 cm³/mol. The van der Waals surface area contributed by atoms with Crippen LogP contribution in [-0.2, 0) is 24.4 Å². The predicted octanol–water partition coefficient (Wildman–Crippen LogP) is 5.25. The molecule has 7 rings (SSSR count). The average Bonchev–Trinajstić information content (AvgIpc) is 3.98. The van der Waals surface area contributed by atoms with Crippen LogP contribution in [0.25, 0.3) is 21.6 Å². The molecule has 278 valence electrons. The number of carbonyl (C=O) groups is 3. The molecule has 3 saturated carbocycles. The number of hydrogen-bond acceptors (Lipinski definition) is 10. The van der Waals surface area contributed by atoms with Crippen molar-refractivity contribution in [1.82, 2.24) is 24.9 Å². The Hall–Kier alpha value is -4.04. The molecular weight excluding hydrogens is 703 g/mol. The first kappa shape index (κ1) is 36.3. The summed E-state index contributed by atoms with van der Waals surface area (Å²) >= 11 is 1.51. The molecule has 1 aliphatic heterocycles. The lowest BCUT2D eigenvalue weighted by molar-refractivity contribution is -0.140. The summed E-state index contributed by atoms with van der Waals surface area (Å²) in [7, 11) is -0.445. The normalized spacial score (nSPS) is 26.8. The molecule has 3 aliphatic carbocycles. The van der Waals surface area contributed by atoms with Crippen LogP contribution in [0, 0.1) is 24.7 Å². The number of rotatable bonds is 8. The molecule has 3 fully saturated rings. The van der Waals surface area contributed by atoms with Crippen molar-refractivity contribution in [2.24, 2.45) is 17.8 Å². The lowest BCUT2D eigenvalue weighted by Gasteiger charge is -2.26. The first-order chi connectivity index (χ1) is 24.8. The molecule has 4 aliphatic rings. The van der Waals surface area contributed by atoms with E-state index in [1.54, 1.807) is 19.1 Å². The lowest BCUT2D eigenvalue weighted by atomic mass is 9.93. The van der Waals surface area contributed by atoms with E-state index in [1.165, 1.54) is 11.3 Å². The number of aromatic nitrogens is 2. The molecule has 2 aromatic heterocycles. The molecule has 3 amide bonds. The Labute approximate surface area is 308 Å². The van der Waals surface area contributed by atoms with Gasteiger partial charge in [-0.3, -0.25) is 19.1 Å². The third kappa shape index (κ3) is 7.03. The van der Waals surface area contributed by atoms with Crippen LogP contribution in [0.2, 0.25) is 0 Å². The smallest absolute Gasteiger partial charge is 0.259 e. The van der Waals surface area contributed by atoms with E-state index in [0.717, 1.165) is 40.9 Å². The number of aryl methyl sites for hydroxylation is 1. The van der Waals surface area contributed by atoms with E-state index in [-0.39, 0.29) is 30.6 Å². The van der Waals surface area contributed by atoms with Crippen LogP contribution in [0.4, 0.5) is 0 Å². The van der Waals surface area contributed by atoms with Gasteiger partial charge in [0.05, 0.1) is 35.4 Å². The van der Waals surface area contributed by atoms with Crippen LogP contribution in [0.5, 0.6) is 11.5 Å². The molecule has 3 aromatic rings. The minimum atomic E-state index is -3.83. The third-order valence-electron chi connectivity index (χ3n) is 11.0. The van der Waals surface area contributed by atoms with E-state index < -0.39 is 50.6 Å². The molecule has 0 unspecified atom stereocenters. The molecule has 14 heteroatoms. The van der Waals surface area contributed by atoms with E-state index in [0.29, 0.717) is 48.5 Å². The van der Waals surface area contributed by atoms with Crippen molar-refractivity contribution in [1.29, 1.82) is 0 Å². The number of allylic oxidation sites excluding steroid dienone is 1. The van der Waals surface area contributed by atoms with Crippen molar-refractivity contribution in [3.63, 3.8) is 0 Å². The van der Waals surface area contributed by atoms with Gasteiger partial charge in [-0.1, -0.05) is 26.0 Å². The second-order valence-electron chi connectivity index (χ2n) is 15.1. The topological polar surface area (TPSA) is 157 Å². The van der Waals surface area contributed by atoms with Gasteiger partial charge in [0, 0.05) is 41.9 Å². The number of methoxy groups -OCH3 is 1. The first-order valence-electron chi connectivity index (χ1n) is 18.2. The van der Waals surface area contributed by atoms with Crippen LogP contribution in [0.3, 0.4) is 0 Å². The van der Waals surface area contributed by atoms with Gasteiger partial charge in [-0.05, 0) is 76.3 Å². The van der Waals surface area contributed by atoms with Gasteiger partial charge in [-0.25, -0.2) is 18.4 Å². The number of sulfonamides is 1. The van der Waals surface area contributed by atoms with Crippen molar-refractivity contribution < 1.29 is 32.3 Å². The zero-order valence-corrected chi connectivity index (χ0v) is 31.9. The molecular formula is C38H47N5O7S2. The Kier molecular flexibility index (Phi) is 9.83. The molecule has 2 N–H and O–H groups in total. The second kappa shape index (κ2) is 14.1. The Morgan fingerprint density at radius 2 is 1.88 bits per heavy atom. The summed E-state index contributed by atoms with van der Waals surface area (Å²) in [5, 5.41) is 5.95. The number of benzene rings is 1. The quantitative estimate of drug-likeness (QED) is 0.294. The molecule has 5 atom stereocenters. The summed E-state index contributed by atoms with van der Waals surface area (Å²) in [4.78, 5) is 53.5. The maximum atomic E-state index is 14.3. The highest BCUT2D eigenvalue weighted by Gasteiger charge is 2.62. The van der Waals surface area contributed by atoms with E-state index in [9.17, 15) is 22.8 Å². The van der Waals surface area contributed by atoms with Crippen LogP contribution >= 0.6 is 11.3 Å². The molecule has 0 saturated heterocycles. The number of ether oxygens (including phenoxy) is 2. The van der Waals surface area contributed by atoms with Crippen molar-refractivity contribution >= 4 is 50.0 Å². The van der Waals surface area contributed by atoms with Crippen molar-refractivity contribution in [2.45, 2.75) is 94.9 Å². The Balaban J connectivity index is 1.21. The van der Waals surface area contributed by atoms with E-state index in [2.05, 4.69) is 23.9 Å². The maximum absolute atomic E-state index is 14.3. The fourth-order valence-corrected chi connectivity index (χ4v) is 9.85. The maximum Gasteiger partial charge on any atom is 0.259 e. The number of carbonyl (C=O) groups excluding carboxylic acids is 3. The number of fused-ring (bicyclic) bond motifs is 3. The number of hydrogen-bond donors (Lipinski definition) is 2. The zero-order valence-electron chi connectivity index (χ0n) is 30.3. The lowest BCUT2D eigenvalue weighted by Crippen LogP contribution is -2.54. The molecule has 52 heavy (non-hydrogen) atoms. The summed E-state index contributed by atoms with van der Waals surface area (Å²) in [6.45, 7) is 6.69. The van der Waals surface area contributed by atoms with Gasteiger partial charge < -0.3 is 19.7 Å². The summed E-state index contributed by atoms with van der Waals surface area (Å²) in [5.41, 5.74) is 1.79. The van der Waals surface area contributed by atoms with Gasteiger partial charge in [0.1, 0.15) is 33.8 Å². The molecule has 0 spiro atoms. The molecule has 1 aromatic carbocycles. The molecule has 3 heterocycles. The zero-order chi connectivity index (χ0) is 36.9. The number of thiazole rings is 1. The average molecular weight is 750 g/mol. The summed E-state index contributed by atoms with van der Waals surface area (Å²) < 4.78 is 40.2. The number of nitrogens with one attached hydrogen (secondary N) is 2. The highest BCUT2D eigenvalue weighted by Crippen LogP contribution is 2.47. The highest BCUT2D eigenvalue weighted by atomic mass is 32.2. The SMILES string of the molecule is COc1ccc2c(O[C@@H]3C[C@H]4C(=O)N[C@]5(C(=O)NS(=O)(=O)C6CC6)C[C@H]5C=CCCCCN(C)C(=O)[C@@H]4C3)cc(-c3nc(C(C)C)cs3)nc2c1C. The van der Waals surface area contributed by atoms with Gasteiger partial charge in [-0.15, -0.1) is 11.3 Å². The Bertz CT molecular complexity index is 2040. The van der Waals surface area contributed by atoms with E-state index >= 15 is 0 Å². The minimum absolute atomic E-state index is 0.147. The minimum Gasteiger partial charge on any atom is -0.496 e. The summed E-state index contributed by atoms with van der Waals surface area (Å²) in [6, 6.07) is 5.66. The van der Waals surface area contributed by atoms with Gasteiger partial charge in [-0.2, -0.15) is 0 Å². The second-order valence-corrected chi connectivity index (χ2v) is 17.9. The van der Waals surface area contributed by atoms with Crippen LogP contribution < -0.4 is 19.5 Å². The van der Waals surface area contributed by atoms with Gasteiger partial charge in [0.25, 0.3) is 5.91 Å². The largest absolute Gasteiger partial charge is 0.496 e. The van der Waals surface area contributed by atoms with Crippen molar-refractivity contribution in [3.8, 4) is 22.2 Å². The van der Waals surface area contributed by atoms with E-state index in [1.807, 2.05) is 42.7 Å². The summed E-state index contributed by atoms with van der Waals surface area (Å²) in [6.07, 6.45) is 7.61. The third-order valence-corrected chi connectivity index (χ3v) is 13.7. The standard InChI is InChI=1S/C38H47N5O7S2/c1-21(2)30-20-51-35(40-30)29-18-32(26-13-14-31(49-5)22(3)33(26)39-29)50-24-16-27-28(17-24)36(45)43(4)15-9-7-6-8-10-23-19-38(23,41-34(27)44)37(46)42-52(47,48)25-11-12-25/h8,10,13-14,18,20-21,23-25,27-28H,6-7,9,11-12,15-17,19H2,1-5H3,(H,41,44)(H,42,46)/t23-,24-,27-,28-,38-/m1/s1. The highest BCUT2D eigenvalue weighted by molar-refractivity contribution is 7.91. The number of pyridine rings is 1. The molecule has 12 nitrogen and oxygen atoms in total. The van der Waals surface area contributed by atoms with Crippen LogP contribution in [-0.4, -0.2) is 78.6 Å². The van der Waals surface area contributed by atoms with Gasteiger partial charge in [0.15, 0.2) is 0 Å². The number of amides is 3. The fourth-order valence-electron chi connectivity index (χ4n) is 7.55. The van der Waals surface area contributed by atoms with Crippen molar-refractivity contribution in [2.75, 3.05) is 20.7 Å². The monoisotopic (exact) mass is 749 g/mol. The van der Waals surface area contributed by atoms with E-state index in [4.69, 9.17) is 19.4 Å². The van der Waals surface area contributed by atoms with Gasteiger partial charge in [0.2, 0.25) is 21.8 Å². The van der Waals surface area contributed by atoms with Crippen LogP contribution in [0.1, 0.15) is 82.4 Å². The van der Waals surface area contributed by atoms with Crippen molar-refractivity contribution in [3.05, 3.63) is 47.0 Å². The Morgan fingerprint density at radius 1 is 1.12 bits per heavy atom. The molecule has 0 bridgehead atoms. The summed E-state index contributed by atoms with van der Waals surface area (Å²) in [5.74, 6) is -1.63. The Morgan fingerprint density at radius 3 is 2.60 bits per heavy atom. The van der Waals surface area contributed by atoms with Gasteiger partial charge >= 0.3 is 0 Å².